The standard InChI is InChI=1S/C12H17NO2S/c1-8-6-9(2)11(13)7-10(8)12(14)15-4-5-16-3/h6-7H,4-5,13H2,1-3H3. The van der Waals surface area contributed by atoms with E-state index in [2.05, 4.69) is 0 Å². The molecule has 0 aliphatic rings. The fourth-order valence-electron chi connectivity index (χ4n) is 1.38. The molecule has 1 rings (SSSR count). The minimum absolute atomic E-state index is 0.293. The predicted molar refractivity (Wildman–Crippen MR) is 69.0 cm³/mol. The number of rotatable bonds is 4. The first-order chi connectivity index (χ1) is 7.56. The van der Waals surface area contributed by atoms with E-state index < -0.39 is 0 Å². The monoisotopic (exact) mass is 239 g/mol. The summed E-state index contributed by atoms with van der Waals surface area (Å²) in [6, 6.07) is 3.59. The lowest BCUT2D eigenvalue weighted by atomic mass is 10.0. The highest BCUT2D eigenvalue weighted by Gasteiger charge is 2.11. The molecule has 0 radical (unpaired) electrons. The third-order valence-electron chi connectivity index (χ3n) is 2.35. The zero-order valence-electron chi connectivity index (χ0n) is 9.87. The zero-order chi connectivity index (χ0) is 12.1. The van der Waals surface area contributed by atoms with Gasteiger partial charge in [0.25, 0.3) is 0 Å². The van der Waals surface area contributed by atoms with Crippen LogP contribution in [0.3, 0.4) is 0 Å². The molecule has 0 aliphatic heterocycles. The Bertz CT molecular complexity index is 391. The predicted octanol–water partition coefficient (Wildman–Crippen LogP) is 2.41. The Morgan fingerprint density at radius 2 is 2.06 bits per heavy atom. The van der Waals surface area contributed by atoms with E-state index in [0.29, 0.717) is 17.9 Å². The third kappa shape index (κ3) is 3.17. The number of carbonyl (C=O) groups is 1. The topological polar surface area (TPSA) is 52.3 Å². The van der Waals surface area contributed by atoms with Gasteiger partial charge in [-0.15, -0.1) is 0 Å². The molecule has 0 amide bonds. The van der Waals surface area contributed by atoms with Crippen molar-refractivity contribution >= 4 is 23.4 Å². The van der Waals surface area contributed by atoms with Gasteiger partial charge >= 0.3 is 5.97 Å². The van der Waals surface area contributed by atoms with Gasteiger partial charge in [0.2, 0.25) is 0 Å². The summed E-state index contributed by atoms with van der Waals surface area (Å²) in [5.74, 6) is 0.518. The fraction of sp³-hybridized carbons (Fsp3) is 0.417. The first kappa shape index (κ1) is 12.9. The van der Waals surface area contributed by atoms with Crippen LogP contribution in [0.15, 0.2) is 12.1 Å². The summed E-state index contributed by atoms with van der Waals surface area (Å²) in [5, 5.41) is 0. The van der Waals surface area contributed by atoms with Crippen molar-refractivity contribution in [2.75, 3.05) is 24.3 Å². The number of thioether (sulfide) groups is 1. The maximum Gasteiger partial charge on any atom is 0.338 e. The Kier molecular flexibility index (Phi) is 4.68. The molecule has 4 heteroatoms. The lowest BCUT2D eigenvalue weighted by Crippen LogP contribution is -2.10. The van der Waals surface area contributed by atoms with Crippen LogP contribution >= 0.6 is 11.8 Å². The van der Waals surface area contributed by atoms with E-state index in [1.165, 1.54) is 0 Å². The molecule has 0 saturated carbocycles. The molecule has 1 aromatic carbocycles. The van der Waals surface area contributed by atoms with E-state index >= 15 is 0 Å². The van der Waals surface area contributed by atoms with E-state index in [9.17, 15) is 4.79 Å². The van der Waals surface area contributed by atoms with Crippen molar-refractivity contribution in [1.82, 2.24) is 0 Å². The first-order valence-corrected chi connectivity index (χ1v) is 6.48. The molecule has 88 valence electrons. The second-order valence-electron chi connectivity index (χ2n) is 3.65. The Balaban J connectivity index is 2.79. The molecular weight excluding hydrogens is 222 g/mol. The lowest BCUT2D eigenvalue weighted by Gasteiger charge is -2.09. The Hall–Kier alpha value is -1.16. The van der Waals surface area contributed by atoms with Crippen molar-refractivity contribution in [3.8, 4) is 0 Å². The average Bonchev–Trinajstić information content (AvgIpc) is 2.23. The fourth-order valence-corrected chi connectivity index (χ4v) is 1.63. The van der Waals surface area contributed by atoms with Gasteiger partial charge < -0.3 is 10.5 Å². The highest BCUT2D eigenvalue weighted by atomic mass is 32.2. The summed E-state index contributed by atoms with van der Waals surface area (Å²) in [6.07, 6.45) is 1.98. The number of anilines is 1. The summed E-state index contributed by atoms with van der Waals surface area (Å²) in [4.78, 5) is 11.7. The van der Waals surface area contributed by atoms with Gasteiger partial charge in [-0.2, -0.15) is 11.8 Å². The second kappa shape index (κ2) is 5.80. The third-order valence-corrected chi connectivity index (χ3v) is 2.93. The molecule has 0 saturated heterocycles. The Labute approximate surface area is 100 Å². The van der Waals surface area contributed by atoms with Gasteiger partial charge in [0.1, 0.15) is 6.61 Å². The normalized spacial score (nSPS) is 10.2. The molecule has 0 aromatic heterocycles. The number of nitrogen functional groups attached to an aromatic ring is 1. The molecule has 0 unspecified atom stereocenters. The number of hydrogen-bond donors (Lipinski definition) is 1. The van der Waals surface area contributed by atoms with Crippen LogP contribution in [0.2, 0.25) is 0 Å². The van der Waals surface area contributed by atoms with E-state index in [-0.39, 0.29) is 5.97 Å². The van der Waals surface area contributed by atoms with Gasteiger partial charge in [-0.05, 0) is 37.3 Å². The Morgan fingerprint density at radius 1 is 1.38 bits per heavy atom. The smallest absolute Gasteiger partial charge is 0.338 e. The quantitative estimate of drug-likeness (QED) is 0.498. The maximum absolute atomic E-state index is 11.7. The molecule has 0 atom stereocenters. The van der Waals surface area contributed by atoms with Gasteiger partial charge in [-0.3, -0.25) is 0 Å². The van der Waals surface area contributed by atoms with Crippen LogP contribution in [-0.2, 0) is 4.74 Å². The number of ether oxygens (including phenoxy) is 1. The molecule has 0 heterocycles. The van der Waals surface area contributed by atoms with E-state index in [1.807, 2.05) is 26.2 Å². The van der Waals surface area contributed by atoms with E-state index in [0.717, 1.165) is 16.9 Å². The lowest BCUT2D eigenvalue weighted by molar-refractivity contribution is 0.0529. The molecule has 3 nitrogen and oxygen atoms in total. The minimum Gasteiger partial charge on any atom is -0.461 e. The van der Waals surface area contributed by atoms with Crippen LogP contribution in [0.4, 0.5) is 5.69 Å². The molecule has 2 N–H and O–H groups in total. The van der Waals surface area contributed by atoms with Crippen LogP contribution in [0.1, 0.15) is 21.5 Å². The summed E-state index contributed by atoms with van der Waals surface area (Å²) in [5.41, 5.74) is 8.84. The SMILES string of the molecule is CSCCOC(=O)c1cc(N)c(C)cc1C. The van der Waals surface area contributed by atoms with Crippen molar-refractivity contribution in [2.24, 2.45) is 0 Å². The number of carbonyl (C=O) groups excluding carboxylic acids is 1. The minimum atomic E-state index is -0.293. The second-order valence-corrected chi connectivity index (χ2v) is 4.64. The van der Waals surface area contributed by atoms with Crippen LogP contribution in [-0.4, -0.2) is 24.6 Å². The number of aryl methyl sites for hydroxylation is 2. The summed E-state index contributed by atoms with van der Waals surface area (Å²) < 4.78 is 5.13. The van der Waals surface area contributed by atoms with Gasteiger partial charge in [-0.1, -0.05) is 6.07 Å². The Morgan fingerprint density at radius 3 is 2.69 bits per heavy atom. The van der Waals surface area contributed by atoms with Gasteiger partial charge in [0.15, 0.2) is 0 Å². The van der Waals surface area contributed by atoms with Crippen molar-refractivity contribution in [2.45, 2.75) is 13.8 Å². The molecule has 0 spiro atoms. The van der Waals surface area contributed by atoms with Gasteiger partial charge in [0.05, 0.1) is 5.56 Å². The highest BCUT2D eigenvalue weighted by Crippen LogP contribution is 2.18. The van der Waals surface area contributed by atoms with Crippen LogP contribution < -0.4 is 5.73 Å². The summed E-state index contributed by atoms with van der Waals surface area (Å²) in [6.45, 7) is 4.25. The maximum atomic E-state index is 11.7. The summed E-state index contributed by atoms with van der Waals surface area (Å²) in [7, 11) is 0. The number of benzene rings is 1. The van der Waals surface area contributed by atoms with Crippen molar-refractivity contribution in [1.29, 1.82) is 0 Å². The van der Waals surface area contributed by atoms with E-state index in [1.54, 1.807) is 17.8 Å². The molecular formula is C12H17NO2S. The molecule has 0 bridgehead atoms. The van der Waals surface area contributed by atoms with Crippen molar-refractivity contribution in [3.63, 3.8) is 0 Å². The molecule has 0 aliphatic carbocycles. The number of nitrogens with two attached hydrogens (primary N) is 1. The first-order valence-electron chi connectivity index (χ1n) is 5.09. The average molecular weight is 239 g/mol. The van der Waals surface area contributed by atoms with Gasteiger partial charge in [-0.25, -0.2) is 4.79 Å². The van der Waals surface area contributed by atoms with Gasteiger partial charge in [0, 0.05) is 11.4 Å². The zero-order valence-corrected chi connectivity index (χ0v) is 10.7. The summed E-state index contributed by atoms with van der Waals surface area (Å²) >= 11 is 1.65. The number of hydrogen-bond acceptors (Lipinski definition) is 4. The van der Waals surface area contributed by atoms with Crippen LogP contribution in [0, 0.1) is 13.8 Å². The number of esters is 1. The molecule has 1 aromatic rings. The van der Waals surface area contributed by atoms with Crippen LogP contribution in [0.25, 0.3) is 0 Å². The van der Waals surface area contributed by atoms with Crippen LogP contribution in [0.5, 0.6) is 0 Å². The highest BCUT2D eigenvalue weighted by molar-refractivity contribution is 7.98. The van der Waals surface area contributed by atoms with E-state index in [4.69, 9.17) is 10.5 Å². The molecule has 0 fully saturated rings. The molecule has 16 heavy (non-hydrogen) atoms. The largest absolute Gasteiger partial charge is 0.461 e. The van der Waals surface area contributed by atoms with Crippen molar-refractivity contribution in [3.05, 3.63) is 28.8 Å². The van der Waals surface area contributed by atoms with Crippen molar-refractivity contribution < 1.29 is 9.53 Å².